The highest BCUT2D eigenvalue weighted by Crippen LogP contribution is 2.20. The van der Waals surface area contributed by atoms with Crippen molar-refractivity contribution in [2.75, 3.05) is 21.2 Å². The fraction of sp³-hybridized carbons (Fsp3) is 0.500. The van der Waals surface area contributed by atoms with Gasteiger partial charge in [-0.1, -0.05) is 6.92 Å². The second-order valence-corrected chi connectivity index (χ2v) is 4.02. The number of aromatic amines is 1. The monoisotopic (exact) mass is 238 g/mol. The minimum absolute atomic E-state index is 0.146. The van der Waals surface area contributed by atoms with Crippen molar-refractivity contribution in [3.8, 4) is 0 Å². The lowest BCUT2D eigenvalue weighted by atomic mass is 10.1. The van der Waals surface area contributed by atoms with Gasteiger partial charge in [0, 0.05) is 19.8 Å². The van der Waals surface area contributed by atoms with Crippen LogP contribution in [0.5, 0.6) is 0 Å². The lowest BCUT2D eigenvalue weighted by Crippen LogP contribution is -2.23. The summed E-state index contributed by atoms with van der Waals surface area (Å²) < 4.78 is 4.73. The third kappa shape index (κ3) is 2.33. The number of carbonyl (C=O) groups excluding carboxylic acids is 2. The van der Waals surface area contributed by atoms with Gasteiger partial charge in [-0.25, -0.2) is 4.79 Å². The van der Waals surface area contributed by atoms with E-state index in [1.54, 1.807) is 21.0 Å². The van der Waals surface area contributed by atoms with Gasteiger partial charge in [-0.05, 0) is 18.9 Å². The van der Waals surface area contributed by atoms with E-state index < -0.39 is 5.97 Å². The third-order valence-corrected chi connectivity index (χ3v) is 2.69. The summed E-state index contributed by atoms with van der Waals surface area (Å²) in [7, 11) is 4.68. The Bertz CT molecular complexity index is 447. The van der Waals surface area contributed by atoms with Crippen molar-refractivity contribution in [2.45, 2.75) is 20.3 Å². The molecular formula is C12H18N2O3. The molecule has 0 aliphatic rings. The van der Waals surface area contributed by atoms with Crippen LogP contribution in [0.1, 0.15) is 39.0 Å². The number of aromatic nitrogens is 1. The number of esters is 1. The van der Waals surface area contributed by atoms with Crippen LogP contribution in [0.4, 0.5) is 0 Å². The first-order valence-electron chi connectivity index (χ1n) is 5.45. The van der Waals surface area contributed by atoms with Crippen LogP contribution in [0, 0.1) is 6.92 Å². The zero-order valence-corrected chi connectivity index (χ0v) is 10.9. The summed E-state index contributed by atoms with van der Waals surface area (Å²) in [5.41, 5.74) is 2.31. The molecule has 1 N–H and O–H groups in total. The summed E-state index contributed by atoms with van der Waals surface area (Å²) in [6.45, 7) is 3.67. The number of aryl methyl sites for hydroxylation is 1. The van der Waals surface area contributed by atoms with Crippen molar-refractivity contribution in [1.82, 2.24) is 9.88 Å². The smallest absolute Gasteiger partial charge is 0.339 e. The van der Waals surface area contributed by atoms with Crippen molar-refractivity contribution in [3.63, 3.8) is 0 Å². The van der Waals surface area contributed by atoms with E-state index in [2.05, 4.69) is 4.98 Å². The van der Waals surface area contributed by atoms with Crippen molar-refractivity contribution >= 4 is 11.9 Å². The molecule has 5 heteroatoms. The summed E-state index contributed by atoms with van der Waals surface area (Å²) in [5, 5.41) is 0. The van der Waals surface area contributed by atoms with Crippen LogP contribution in [0.2, 0.25) is 0 Å². The molecule has 1 amide bonds. The lowest BCUT2D eigenvalue weighted by Gasteiger charge is -2.09. The number of nitrogens with one attached hydrogen (secondary N) is 1. The zero-order chi connectivity index (χ0) is 13.2. The van der Waals surface area contributed by atoms with Crippen LogP contribution < -0.4 is 0 Å². The number of hydrogen-bond acceptors (Lipinski definition) is 3. The molecule has 0 aliphatic heterocycles. The zero-order valence-electron chi connectivity index (χ0n) is 10.9. The molecule has 94 valence electrons. The van der Waals surface area contributed by atoms with Gasteiger partial charge >= 0.3 is 5.97 Å². The molecule has 0 aromatic carbocycles. The summed E-state index contributed by atoms with van der Waals surface area (Å²) in [4.78, 5) is 28.0. The number of carbonyl (C=O) groups is 2. The van der Waals surface area contributed by atoms with Gasteiger partial charge in [-0.15, -0.1) is 0 Å². The number of ether oxygens (including phenoxy) is 1. The molecular weight excluding hydrogens is 220 g/mol. The molecule has 0 spiro atoms. The molecule has 0 bridgehead atoms. The minimum atomic E-state index is -0.409. The van der Waals surface area contributed by atoms with Crippen LogP contribution in [0.25, 0.3) is 0 Å². The molecule has 0 radical (unpaired) electrons. The maximum Gasteiger partial charge on any atom is 0.339 e. The first-order valence-corrected chi connectivity index (χ1v) is 5.45. The predicted octanol–water partition coefficient (Wildman–Crippen LogP) is 1.37. The maximum absolute atomic E-state index is 11.9. The van der Waals surface area contributed by atoms with E-state index in [9.17, 15) is 9.59 Å². The van der Waals surface area contributed by atoms with Crippen LogP contribution in [-0.2, 0) is 11.2 Å². The minimum Gasteiger partial charge on any atom is -0.465 e. The second-order valence-electron chi connectivity index (χ2n) is 4.02. The quantitative estimate of drug-likeness (QED) is 0.809. The van der Waals surface area contributed by atoms with E-state index in [1.165, 1.54) is 12.0 Å². The molecule has 0 saturated heterocycles. The number of H-pyrrole nitrogens is 1. The lowest BCUT2D eigenvalue weighted by molar-refractivity contribution is 0.0599. The van der Waals surface area contributed by atoms with Crippen LogP contribution in [-0.4, -0.2) is 43.0 Å². The average Bonchev–Trinajstić information content (AvgIpc) is 2.64. The molecule has 5 nitrogen and oxygen atoms in total. The molecule has 1 aromatic heterocycles. The standard InChI is InChI=1S/C12H18N2O3/c1-6-8-9(12(16)17-5)7(2)10(13-8)11(15)14(3)4/h13H,6H2,1-5H3. The van der Waals surface area contributed by atoms with Gasteiger partial charge in [0.15, 0.2) is 0 Å². The normalized spacial score (nSPS) is 10.2. The first-order chi connectivity index (χ1) is 7.93. The number of methoxy groups -OCH3 is 1. The van der Waals surface area contributed by atoms with Crippen molar-refractivity contribution in [3.05, 3.63) is 22.5 Å². The first kappa shape index (κ1) is 13.3. The van der Waals surface area contributed by atoms with Crippen molar-refractivity contribution < 1.29 is 14.3 Å². The molecule has 1 rings (SSSR count). The Hall–Kier alpha value is -1.78. The van der Waals surface area contributed by atoms with Gasteiger partial charge < -0.3 is 14.6 Å². The van der Waals surface area contributed by atoms with Gasteiger partial charge in [0.1, 0.15) is 5.69 Å². The van der Waals surface area contributed by atoms with Crippen molar-refractivity contribution in [2.24, 2.45) is 0 Å². The van der Waals surface area contributed by atoms with E-state index in [-0.39, 0.29) is 5.91 Å². The highest BCUT2D eigenvalue weighted by Gasteiger charge is 2.24. The Balaban J connectivity index is 3.33. The van der Waals surface area contributed by atoms with Crippen LogP contribution in [0.3, 0.4) is 0 Å². The topological polar surface area (TPSA) is 62.4 Å². The van der Waals surface area contributed by atoms with E-state index in [0.29, 0.717) is 23.2 Å². The number of hydrogen-bond donors (Lipinski definition) is 1. The third-order valence-electron chi connectivity index (χ3n) is 2.69. The molecule has 0 atom stereocenters. The molecule has 0 saturated carbocycles. The Labute approximate surface area is 101 Å². The largest absolute Gasteiger partial charge is 0.465 e. The number of amides is 1. The molecule has 0 unspecified atom stereocenters. The summed E-state index contributed by atoms with van der Waals surface area (Å²) in [6.07, 6.45) is 0.645. The average molecular weight is 238 g/mol. The summed E-state index contributed by atoms with van der Waals surface area (Å²) in [5.74, 6) is -0.555. The molecule has 0 aliphatic carbocycles. The van der Waals surface area contributed by atoms with E-state index in [0.717, 1.165) is 5.69 Å². The second kappa shape index (κ2) is 5.03. The van der Waals surface area contributed by atoms with Crippen LogP contribution in [0.15, 0.2) is 0 Å². The SMILES string of the molecule is CCc1[nH]c(C(=O)N(C)C)c(C)c1C(=O)OC. The molecule has 1 heterocycles. The fourth-order valence-corrected chi connectivity index (χ4v) is 1.74. The number of rotatable bonds is 3. The van der Waals surface area contributed by atoms with E-state index in [4.69, 9.17) is 4.74 Å². The van der Waals surface area contributed by atoms with E-state index in [1.807, 2.05) is 6.92 Å². The van der Waals surface area contributed by atoms with Gasteiger partial charge in [-0.3, -0.25) is 4.79 Å². The predicted molar refractivity (Wildman–Crippen MR) is 64.3 cm³/mol. The molecule has 17 heavy (non-hydrogen) atoms. The fourth-order valence-electron chi connectivity index (χ4n) is 1.74. The molecule has 0 fully saturated rings. The highest BCUT2D eigenvalue weighted by atomic mass is 16.5. The van der Waals surface area contributed by atoms with E-state index >= 15 is 0 Å². The highest BCUT2D eigenvalue weighted by molar-refractivity contribution is 6.00. The maximum atomic E-state index is 11.9. The summed E-state index contributed by atoms with van der Waals surface area (Å²) >= 11 is 0. The van der Waals surface area contributed by atoms with Gasteiger partial charge in [0.25, 0.3) is 5.91 Å². The molecule has 1 aromatic rings. The van der Waals surface area contributed by atoms with Crippen LogP contribution >= 0.6 is 0 Å². The number of nitrogens with zero attached hydrogens (tertiary/aromatic N) is 1. The van der Waals surface area contributed by atoms with Crippen molar-refractivity contribution in [1.29, 1.82) is 0 Å². The Kier molecular flexibility index (Phi) is 3.93. The Morgan fingerprint density at radius 3 is 2.35 bits per heavy atom. The van der Waals surface area contributed by atoms with Gasteiger partial charge in [0.05, 0.1) is 12.7 Å². The van der Waals surface area contributed by atoms with Gasteiger partial charge in [-0.2, -0.15) is 0 Å². The summed E-state index contributed by atoms with van der Waals surface area (Å²) in [6, 6.07) is 0. The van der Waals surface area contributed by atoms with Gasteiger partial charge in [0.2, 0.25) is 0 Å². The Morgan fingerprint density at radius 1 is 1.35 bits per heavy atom. The Morgan fingerprint density at radius 2 is 1.94 bits per heavy atom.